The summed E-state index contributed by atoms with van der Waals surface area (Å²) in [5.74, 6) is -1.27. The second-order valence-electron chi connectivity index (χ2n) is 6.25. The Morgan fingerprint density at radius 2 is 1.83 bits per heavy atom. The zero-order chi connectivity index (χ0) is 21.1. The Morgan fingerprint density at radius 3 is 2.48 bits per heavy atom. The minimum atomic E-state index is -0.964. The first-order valence-electron chi connectivity index (χ1n) is 8.49. The summed E-state index contributed by atoms with van der Waals surface area (Å²) in [5.41, 5.74) is 3.45. The average molecular weight is 496 g/mol. The molecule has 0 aliphatic carbocycles. The highest BCUT2D eigenvalue weighted by Crippen LogP contribution is 2.23. The first-order chi connectivity index (χ1) is 13.8. The van der Waals surface area contributed by atoms with E-state index in [9.17, 15) is 14.4 Å². The summed E-state index contributed by atoms with van der Waals surface area (Å²) >= 11 is 14.6. The predicted octanol–water partition coefficient (Wildman–Crippen LogP) is 3.20. The zero-order valence-corrected chi connectivity index (χ0v) is 18.3. The van der Waals surface area contributed by atoms with Gasteiger partial charge in [0, 0.05) is 17.1 Å². The SMILES string of the molecule is CN1C(=O)C(CC(=O)Nc2ccccc2Cl)N(NC(=O)c2ccc(Br)cc2)C1=S. The van der Waals surface area contributed by atoms with E-state index in [2.05, 4.69) is 26.7 Å². The van der Waals surface area contributed by atoms with E-state index in [0.717, 1.165) is 4.47 Å². The van der Waals surface area contributed by atoms with E-state index in [1.807, 2.05) is 0 Å². The Hall–Kier alpha value is -2.49. The lowest BCUT2D eigenvalue weighted by molar-refractivity contribution is -0.130. The molecule has 2 N–H and O–H groups in total. The van der Waals surface area contributed by atoms with Gasteiger partial charge in [0.05, 0.1) is 17.1 Å². The maximum Gasteiger partial charge on any atom is 0.269 e. The summed E-state index contributed by atoms with van der Waals surface area (Å²) in [6, 6.07) is 12.5. The number of carbonyl (C=O) groups is 3. The second kappa shape index (κ2) is 8.89. The van der Waals surface area contributed by atoms with Crippen molar-refractivity contribution in [2.45, 2.75) is 12.5 Å². The number of amides is 3. The number of nitrogens with zero attached hydrogens (tertiary/aromatic N) is 2. The molecule has 3 rings (SSSR count). The zero-order valence-electron chi connectivity index (χ0n) is 15.2. The standard InChI is InChI=1S/C19H16BrClN4O3S/c1-24-18(28)15(10-16(26)22-14-5-3-2-4-13(14)21)25(19(24)29)23-17(27)11-6-8-12(20)9-7-11/h2-9,15H,10H2,1H3,(H,22,26)(H,23,27). The molecular weight excluding hydrogens is 480 g/mol. The van der Waals surface area contributed by atoms with Crippen LogP contribution in [0.15, 0.2) is 53.0 Å². The van der Waals surface area contributed by atoms with Crippen LogP contribution < -0.4 is 10.7 Å². The highest BCUT2D eigenvalue weighted by Gasteiger charge is 2.42. The summed E-state index contributed by atoms with van der Waals surface area (Å²) in [6.45, 7) is 0. The molecule has 0 spiro atoms. The number of thiocarbonyl (C=S) groups is 1. The topological polar surface area (TPSA) is 81.8 Å². The molecule has 0 radical (unpaired) electrons. The fraction of sp³-hybridized carbons (Fsp3) is 0.158. The van der Waals surface area contributed by atoms with Crippen molar-refractivity contribution < 1.29 is 14.4 Å². The quantitative estimate of drug-likeness (QED) is 0.623. The van der Waals surface area contributed by atoms with Gasteiger partial charge < -0.3 is 5.32 Å². The Kier molecular flexibility index (Phi) is 6.51. The van der Waals surface area contributed by atoms with Gasteiger partial charge in [0.2, 0.25) is 5.91 Å². The van der Waals surface area contributed by atoms with E-state index < -0.39 is 17.9 Å². The summed E-state index contributed by atoms with van der Waals surface area (Å²) in [4.78, 5) is 38.9. The molecule has 1 saturated heterocycles. The molecule has 1 aliphatic rings. The predicted molar refractivity (Wildman–Crippen MR) is 117 cm³/mol. The highest BCUT2D eigenvalue weighted by molar-refractivity contribution is 9.10. The number of anilines is 1. The first-order valence-corrected chi connectivity index (χ1v) is 10.1. The van der Waals surface area contributed by atoms with Crippen LogP contribution in [0.3, 0.4) is 0 Å². The minimum Gasteiger partial charge on any atom is -0.325 e. The lowest BCUT2D eigenvalue weighted by Crippen LogP contribution is -2.49. The van der Waals surface area contributed by atoms with E-state index in [-0.39, 0.29) is 17.4 Å². The van der Waals surface area contributed by atoms with Gasteiger partial charge in [-0.15, -0.1) is 0 Å². The van der Waals surface area contributed by atoms with Gasteiger partial charge in [-0.3, -0.25) is 24.7 Å². The number of para-hydroxylation sites is 1. The Morgan fingerprint density at radius 1 is 1.17 bits per heavy atom. The van der Waals surface area contributed by atoms with Crippen LogP contribution in [-0.2, 0) is 9.59 Å². The van der Waals surface area contributed by atoms with Crippen molar-refractivity contribution in [3.8, 4) is 0 Å². The maximum absolute atomic E-state index is 12.6. The van der Waals surface area contributed by atoms with E-state index >= 15 is 0 Å². The van der Waals surface area contributed by atoms with Gasteiger partial charge in [0.1, 0.15) is 6.04 Å². The third-order valence-corrected chi connectivity index (χ3v) is 5.60. The van der Waals surface area contributed by atoms with Crippen LogP contribution in [0.1, 0.15) is 16.8 Å². The van der Waals surface area contributed by atoms with Crippen LogP contribution in [0.2, 0.25) is 5.02 Å². The average Bonchev–Trinajstić information content (AvgIpc) is 2.88. The van der Waals surface area contributed by atoms with Gasteiger partial charge in [-0.1, -0.05) is 39.7 Å². The van der Waals surface area contributed by atoms with Crippen molar-refractivity contribution in [3.63, 3.8) is 0 Å². The molecule has 2 aromatic carbocycles. The molecule has 1 aliphatic heterocycles. The largest absolute Gasteiger partial charge is 0.325 e. The molecule has 0 saturated carbocycles. The Balaban J connectivity index is 1.74. The summed E-state index contributed by atoms with van der Waals surface area (Å²) < 4.78 is 0.828. The molecule has 0 bridgehead atoms. The van der Waals surface area contributed by atoms with Crippen molar-refractivity contribution >= 4 is 68.3 Å². The van der Waals surface area contributed by atoms with Crippen molar-refractivity contribution in [1.82, 2.24) is 15.3 Å². The summed E-state index contributed by atoms with van der Waals surface area (Å²) in [7, 11) is 1.50. The van der Waals surface area contributed by atoms with Crippen molar-refractivity contribution in [2.75, 3.05) is 12.4 Å². The van der Waals surface area contributed by atoms with E-state index in [1.54, 1.807) is 48.5 Å². The second-order valence-corrected chi connectivity index (χ2v) is 7.93. The first kappa shape index (κ1) is 21.2. The fourth-order valence-corrected chi connectivity index (χ4v) is 3.45. The number of hydrogen-bond acceptors (Lipinski definition) is 4. The van der Waals surface area contributed by atoms with E-state index in [4.69, 9.17) is 23.8 Å². The van der Waals surface area contributed by atoms with Gasteiger partial charge in [0.15, 0.2) is 5.11 Å². The highest BCUT2D eigenvalue weighted by atomic mass is 79.9. The van der Waals surface area contributed by atoms with Crippen LogP contribution in [0, 0.1) is 0 Å². The van der Waals surface area contributed by atoms with Crippen LogP contribution in [0.5, 0.6) is 0 Å². The molecule has 2 aromatic rings. The molecule has 29 heavy (non-hydrogen) atoms. The molecule has 1 unspecified atom stereocenters. The van der Waals surface area contributed by atoms with Gasteiger partial charge in [-0.2, -0.15) is 0 Å². The molecule has 1 atom stereocenters. The minimum absolute atomic E-state index is 0.107. The molecule has 1 heterocycles. The van der Waals surface area contributed by atoms with E-state index in [1.165, 1.54) is 17.0 Å². The smallest absolute Gasteiger partial charge is 0.269 e. The van der Waals surface area contributed by atoms with Crippen LogP contribution >= 0.6 is 39.7 Å². The number of hydrazine groups is 1. The van der Waals surface area contributed by atoms with Crippen LogP contribution in [-0.4, -0.2) is 45.8 Å². The number of likely N-dealkylation sites (N-methyl/N-ethyl adjacent to an activating group) is 1. The van der Waals surface area contributed by atoms with E-state index in [0.29, 0.717) is 16.3 Å². The number of rotatable bonds is 5. The summed E-state index contributed by atoms with van der Waals surface area (Å²) in [5, 5.41) is 4.40. The monoisotopic (exact) mass is 494 g/mol. The van der Waals surface area contributed by atoms with Gasteiger partial charge in [0.25, 0.3) is 11.8 Å². The lowest BCUT2D eigenvalue weighted by Gasteiger charge is -2.24. The number of halogens is 2. The lowest BCUT2D eigenvalue weighted by atomic mass is 10.2. The van der Waals surface area contributed by atoms with Crippen molar-refractivity contribution in [1.29, 1.82) is 0 Å². The van der Waals surface area contributed by atoms with Gasteiger partial charge >= 0.3 is 0 Å². The number of carbonyl (C=O) groups excluding carboxylic acids is 3. The number of nitrogens with one attached hydrogen (secondary N) is 2. The molecule has 7 nitrogen and oxygen atoms in total. The normalized spacial score (nSPS) is 16.2. The van der Waals surface area contributed by atoms with Gasteiger partial charge in [-0.05, 0) is 48.6 Å². The van der Waals surface area contributed by atoms with Crippen molar-refractivity contribution in [2.24, 2.45) is 0 Å². The molecule has 150 valence electrons. The van der Waals surface area contributed by atoms with Gasteiger partial charge in [-0.25, -0.2) is 5.01 Å². The Labute approximate surface area is 186 Å². The van der Waals surface area contributed by atoms with Crippen LogP contribution in [0.4, 0.5) is 5.69 Å². The molecule has 0 aromatic heterocycles. The molecule has 3 amide bonds. The van der Waals surface area contributed by atoms with Crippen molar-refractivity contribution in [3.05, 3.63) is 63.6 Å². The molecular formula is C19H16BrClN4O3S. The number of hydrogen-bond donors (Lipinski definition) is 2. The third kappa shape index (κ3) is 4.75. The summed E-state index contributed by atoms with van der Waals surface area (Å²) in [6.07, 6.45) is -0.213. The molecule has 1 fully saturated rings. The molecule has 10 heteroatoms. The Bertz CT molecular complexity index is 986. The number of benzene rings is 2. The maximum atomic E-state index is 12.6. The fourth-order valence-electron chi connectivity index (χ4n) is 2.74. The third-order valence-electron chi connectivity index (χ3n) is 4.28. The van der Waals surface area contributed by atoms with Crippen LogP contribution in [0.25, 0.3) is 0 Å².